The molecule has 0 N–H and O–H groups in total. The number of fused-ring (bicyclic) bond motifs is 3. The van der Waals surface area contributed by atoms with Gasteiger partial charge in [0.05, 0.1) is 13.2 Å². The van der Waals surface area contributed by atoms with E-state index in [0.717, 1.165) is 31.3 Å². The summed E-state index contributed by atoms with van der Waals surface area (Å²) in [7, 11) is 0. The first-order chi connectivity index (χ1) is 7.90. The predicted molar refractivity (Wildman–Crippen MR) is 58.8 cm³/mol. The van der Waals surface area contributed by atoms with Crippen molar-refractivity contribution in [2.75, 3.05) is 13.2 Å². The molecule has 3 aliphatic carbocycles. The van der Waals surface area contributed by atoms with Gasteiger partial charge in [-0.25, -0.2) is 0 Å². The quantitative estimate of drug-likeness (QED) is 0.688. The van der Waals surface area contributed by atoms with Crippen molar-refractivity contribution in [3.8, 4) is 0 Å². The summed E-state index contributed by atoms with van der Waals surface area (Å²) < 4.78 is 11.4. The van der Waals surface area contributed by atoms with Crippen LogP contribution >= 0.6 is 0 Å². The van der Waals surface area contributed by atoms with Crippen LogP contribution < -0.4 is 0 Å². The molecule has 0 aromatic heterocycles. The molecule has 16 heavy (non-hydrogen) atoms. The Morgan fingerprint density at radius 3 is 2.25 bits per heavy atom. The maximum absolute atomic E-state index is 10.8. The lowest BCUT2D eigenvalue weighted by Gasteiger charge is -2.49. The third-order valence-electron chi connectivity index (χ3n) is 4.79. The minimum atomic E-state index is -0.0157. The van der Waals surface area contributed by atoms with E-state index in [2.05, 4.69) is 0 Å². The van der Waals surface area contributed by atoms with Gasteiger partial charge in [-0.3, -0.25) is 0 Å². The van der Waals surface area contributed by atoms with E-state index in [9.17, 15) is 4.79 Å². The van der Waals surface area contributed by atoms with E-state index in [0.29, 0.717) is 18.3 Å². The average Bonchev–Trinajstić information content (AvgIpc) is 2.84. The molecule has 4 rings (SSSR count). The first-order valence-corrected chi connectivity index (χ1v) is 6.57. The monoisotopic (exact) mass is 224 g/mol. The van der Waals surface area contributed by atoms with Crippen LogP contribution in [0.5, 0.6) is 0 Å². The van der Waals surface area contributed by atoms with Crippen molar-refractivity contribution < 1.29 is 14.3 Å². The highest BCUT2D eigenvalue weighted by atomic mass is 16.7. The molecule has 3 nitrogen and oxygen atoms in total. The fraction of sp³-hybridized carbons (Fsp3) is 0.923. The molecule has 1 aliphatic heterocycles. The topological polar surface area (TPSA) is 35.5 Å². The number of hydrogen-bond donors (Lipinski definition) is 0. The molecular formula is C13H20O3. The number of carbonyl (C=O) groups excluding carboxylic acids is 1. The van der Waals surface area contributed by atoms with E-state index in [-0.39, 0.29) is 6.29 Å². The molecule has 1 saturated heterocycles. The molecule has 4 aliphatic rings. The molecule has 90 valence electrons. The number of hydrogen-bond acceptors (Lipinski definition) is 3. The maximum Gasteiger partial charge on any atom is 0.161 e. The van der Waals surface area contributed by atoms with Crippen molar-refractivity contribution in [3.63, 3.8) is 0 Å². The Morgan fingerprint density at radius 1 is 1.00 bits per heavy atom. The average molecular weight is 224 g/mol. The van der Waals surface area contributed by atoms with Crippen molar-refractivity contribution in [1.82, 2.24) is 0 Å². The second-order valence-electron chi connectivity index (χ2n) is 5.43. The maximum atomic E-state index is 10.8. The fourth-order valence-electron chi connectivity index (χ4n) is 4.11. The Labute approximate surface area is 96.5 Å². The molecule has 0 spiro atoms. The number of rotatable bonds is 3. The van der Waals surface area contributed by atoms with Crippen LogP contribution in [0, 0.1) is 23.7 Å². The lowest BCUT2D eigenvalue weighted by atomic mass is 9.57. The fourth-order valence-corrected chi connectivity index (χ4v) is 4.11. The van der Waals surface area contributed by atoms with Crippen LogP contribution in [0.25, 0.3) is 0 Å². The Bertz CT molecular complexity index is 250. The first kappa shape index (κ1) is 10.7. The Kier molecular flexibility index (Phi) is 2.99. The second kappa shape index (κ2) is 4.46. The minimum absolute atomic E-state index is 0.0157. The number of ether oxygens (including phenoxy) is 2. The normalized spacial score (nSPS) is 43.8. The van der Waals surface area contributed by atoms with E-state index in [1.54, 1.807) is 0 Å². The largest absolute Gasteiger partial charge is 0.350 e. The molecular weight excluding hydrogens is 204 g/mol. The Balaban J connectivity index is 1.78. The molecule has 2 bridgehead atoms. The summed E-state index contributed by atoms with van der Waals surface area (Å²) in [4.78, 5) is 10.8. The highest BCUT2D eigenvalue weighted by molar-refractivity contribution is 5.50. The van der Waals surface area contributed by atoms with Gasteiger partial charge in [0.2, 0.25) is 0 Å². The molecule has 0 aromatic rings. The third kappa shape index (κ3) is 1.70. The highest BCUT2D eigenvalue weighted by Gasteiger charge is 2.48. The van der Waals surface area contributed by atoms with E-state index >= 15 is 0 Å². The van der Waals surface area contributed by atoms with Gasteiger partial charge >= 0.3 is 0 Å². The predicted octanol–water partition coefficient (Wildman–Crippen LogP) is 2.00. The van der Waals surface area contributed by atoms with Gasteiger partial charge in [0.1, 0.15) is 6.29 Å². The van der Waals surface area contributed by atoms with Crippen molar-refractivity contribution in [1.29, 1.82) is 0 Å². The standard InChI is InChI=1S/C13H20O3/c14-6-5-11-9-1-3-10(4-2-9)12(11)13-15-7-8-16-13/h6,9-13H,1-5,7-8H2/t9?,10?,11-,12+/m1/s1. The van der Waals surface area contributed by atoms with Gasteiger partial charge in [-0.1, -0.05) is 0 Å². The van der Waals surface area contributed by atoms with Crippen LogP contribution in [0.3, 0.4) is 0 Å². The molecule has 2 atom stereocenters. The van der Waals surface area contributed by atoms with E-state index in [1.165, 1.54) is 25.7 Å². The molecule has 0 amide bonds. The summed E-state index contributed by atoms with van der Waals surface area (Å²) in [6.45, 7) is 1.46. The van der Waals surface area contributed by atoms with Crippen molar-refractivity contribution >= 4 is 6.29 Å². The molecule has 3 heteroatoms. The van der Waals surface area contributed by atoms with Crippen LogP contribution in [0.1, 0.15) is 32.1 Å². The first-order valence-electron chi connectivity index (χ1n) is 6.57. The summed E-state index contributed by atoms with van der Waals surface area (Å²) in [5.74, 6) is 2.49. The van der Waals surface area contributed by atoms with Crippen molar-refractivity contribution in [2.45, 2.75) is 38.4 Å². The number of aldehydes is 1. The zero-order valence-corrected chi connectivity index (χ0v) is 9.64. The smallest absolute Gasteiger partial charge is 0.161 e. The minimum Gasteiger partial charge on any atom is -0.350 e. The zero-order chi connectivity index (χ0) is 11.0. The van der Waals surface area contributed by atoms with Crippen molar-refractivity contribution in [2.24, 2.45) is 23.7 Å². The summed E-state index contributed by atoms with van der Waals surface area (Å²) in [6, 6.07) is 0. The molecule has 1 heterocycles. The van der Waals surface area contributed by atoms with Gasteiger partial charge in [-0.2, -0.15) is 0 Å². The van der Waals surface area contributed by atoms with Gasteiger partial charge in [-0.15, -0.1) is 0 Å². The van der Waals surface area contributed by atoms with Gasteiger partial charge < -0.3 is 14.3 Å². The molecule has 3 saturated carbocycles. The van der Waals surface area contributed by atoms with Crippen LogP contribution in [0.4, 0.5) is 0 Å². The van der Waals surface area contributed by atoms with Crippen LogP contribution in [-0.4, -0.2) is 25.8 Å². The Hall–Kier alpha value is -0.410. The van der Waals surface area contributed by atoms with Crippen LogP contribution in [-0.2, 0) is 14.3 Å². The van der Waals surface area contributed by atoms with Crippen molar-refractivity contribution in [3.05, 3.63) is 0 Å². The zero-order valence-electron chi connectivity index (χ0n) is 9.64. The second-order valence-corrected chi connectivity index (χ2v) is 5.43. The lowest BCUT2D eigenvalue weighted by molar-refractivity contribution is -0.155. The summed E-state index contributed by atoms with van der Waals surface area (Å²) in [5.41, 5.74) is 0. The summed E-state index contributed by atoms with van der Waals surface area (Å²) in [5, 5.41) is 0. The molecule has 0 radical (unpaired) electrons. The molecule has 0 unspecified atom stereocenters. The van der Waals surface area contributed by atoms with E-state index < -0.39 is 0 Å². The van der Waals surface area contributed by atoms with E-state index in [1.807, 2.05) is 0 Å². The number of carbonyl (C=O) groups is 1. The summed E-state index contributed by atoms with van der Waals surface area (Å²) >= 11 is 0. The molecule has 4 fully saturated rings. The lowest BCUT2D eigenvalue weighted by Crippen LogP contribution is -2.46. The summed E-state index contributed by atoms with van der Waals surface area (Å²) in [6.07, 6.45) is 7.03. The van der Waals surface area contributed by atoms with E-state index in [4.69, 9.17) is 9.47 Å². The SMILES string of the molecule is O=CC[C@@H]1C2CCC(CC2)[C@@H]1C1OCCO1. The van der Waals surface area contributed by atoms with Gasteiger partial charge in [0, 0.05) is 12.3 Å². The van der Waals surface area contributed by atoms with Crippen LogP contribution in [0.2, 0.25) is 0 Å². The third-order valence-corrected chi connectivity index (χ3v) is 4.79. The van der Waals surface area contributed by atoms with Gasteiger partial charge in [-0.05, 0) is 43.4 Å². The van der Waals surface area contributed by atoms with Gasteiger partial charge in [0.15, 0.2) is 6.29 Å². The highest BCUT2D eigenvalue weighted by Crippen LogP contribution is 2.52. The van der Waals surface area contributed by atoms with Gasteiger partial charge in [0.25, 0.3) is 0 Å². The van der Waals surface area contributed by atoms with Crippen LogP contribution in [0.15, 0.2) is 0 Å². The molecule has 0 aromatic carbocycles. The Morgan fingerprint density at radius 2 is 1.62 bits per heavy atom.